The van der Waals surface area contributed by atoms with Crippen LogP contribution < -0.4 is 5.43 Å². The van der Waals surface area contributed by atoms with Crippen LogP contribution in [0.2, 0.25) is 5.02 Å². The maximum atomic E-state index is 12.2. The van der Waals surface area contributed by atoms with E-state index in [1.165, 1.54) is 13.3 Å². The van der Waals surface area contributed by atoms with Gasteiger partial charge in [0.15, 0.2) is 0 Å². The van der Waals surface area contributed by atoms with Gasteiger partial charge in [-0.2, -0.15) is 10.2 Å². The van der Waals surface area contributed by atoms with Crippen LogP contribution in [0.5, 0.6) is 0 Å². The quantitative estimate of drug-likeness (QED) is 0.402. The fraction of sp³-hybridized carbons (Fsp3) is 0.0526. The second-order valence-electron chi connectivity index (χ2n) is 5.46. The number of H-pyrrole nitrogens is 1. The van der Waals surface area contributed by atoms with Gasteiger partial charge >= 0.3 is 5.97 Å². The first-order valence-electron chi connectivity index (χ1n) is 7.90. The zero-order valence-corrected chi connectivity index (χ0v) is 15.0. The Morgan fingerprint density at radius 1 is 1.19 bits per heavy atom. The normalized spacial score (nSPS) is 10.7. The van der Waals surface area contributed by atoms with Crippen LogP contribution in [0.25, 0.3) is 11.3 Å². The van der Waals surface area contributed by atoms with Gasteiger partial charge in [-0.25, -0.2) is 10.2 Å². The maximum absolute atomic E-state index is 12.2. The standard InChI is InChI=1S/C19H15ClN4O3/c1-27-19(26)13-8-6-12(7-9-13)11-21-24-18(25)17-10-16(22-23-17)14-4-2-3-5-15(14)20/h2-11H,1H3,(H,22,23)(H,24,25)/b21-11-. The van der Waals surface area contributed by atoms with Crippen molar-refractivity contribution in [1.82, 2.24) is 15.6 Å². The Labute approximate surface area is 160 Å². The topological polar surface area (TPSA) is 96.4 Å². The summed E-state index contributed by atoms with van der Waals surface area (Å²) in [6, 6.07) is 15.4. The van der Waals surface area contributed by atoms with Crippen molar-refractivity contribution in [3.05, 3.63) is 76.4 Å². The molecule has 0 bridgehead atoms. The van der Waals surface area contributed by atoms with Gasteiger partial charge in [0, 0.05) is 5.56 Å². The van der Waals surface area contributed by atoms with Crippen molar-refractivity contribution in [2.75, 3.05) is 7.11 Å². The molecule has 0 saturated carbocycles. The smallest absolute Gasteiger partial charge is 0.337 e. The molecule has 0 atom stereocenters. The summed E-state index contributed by atoms with van der Waals surface area (Å²) in [4.78, 5) is 23.5. The van der Waals surface area contributed by atoms with Gasteiger partial charge in [0.2, 0.25) is 0 Å². The highest BCUT2D eigenvalue weighted by molar-refractivity contribution is 6.33. The number of aromatic amines is 1. The lowest BCUT2D eigenvalue weighted by molar-refractivity contribution is 0.0600. The number of hydrogen-bond acceptors (Lipinski definition) is 5. The van der Waals surface area contributed by atoms with Crippen LogP contribution in [0.1, 0.15) is 26.4 Å². The molecule has 0 saturated heterocycles. The van der Waals surface area contributed by atoms with Gasteiger partial charge in [0.1, 0.15) is 5.69 Å². The Hall–Kier alpha value is -3.45. The molecule has 0 unspecified atom stereocenters. The summed E-state index contributed by atoms with van der Waals surface area (Å²) in [5.41, 5.74) is 5.10. The van der Waals surface area contributed by atoms with E-state index < -0.39 is 11.9 Å². The zero-order valence-electron chi connectivity index (χ0n) is 14.3. The van der Waals surface area contributed by atoms with E-state index in [0.29, 0.717) is 21.8 Å². The number of benzene rings is 2. The lowest BCUT2D eigenvalue weighted by Crippen LogP contribution is -2.18. The van der Waals surface area contributed by atoms with Gasteiger partial charge in [0.05, 0.1) is 29.6 Å². The molecule has 0 aliphatic heterocycles. The minimum atomic E-state index is -0.441. The van der Waals surface area contributed by atoms with Gasteiger partial charge in [-0.05, 0) is 29.8 Å². The van der Waals surface area contributed by atoms with Gasteiger partial charge in [0.25, 0.3) is 5.91 Å². The van der Waals surface area contributed by atoms with Crippen molar-refractivity contribution in [2.24, 2.45) is 5.10 Å². The summed E-state index contributed by atoms with van der Waals surface area (Å²) in [6.45, 7) is 0. The van der Waals surface area contributed by atoms with Crippen molar-refractivity contribution in [2.45, 2.75) is 0 Å². The number of aromatic nitrogens is 2. The number of nitrogens with one attached hydrogen (secondary N) is 2. The van der Waals surface area contributed by atoms with Gasteiger partial charge in [-0.15, -0.1) is 0 Å². The molecule has 8 heteroatoms. The average molecular weight is 383 g/mol. The molecule has 27 heavy (non-hydrogen) atoms. The van der Waals surface area contributed by atoms with E-state index in [1.807, 2.05) is 18.2 Å². The first-order chi connectivity index (χ1) is 13.1. The van der Waals surface area contributed by atoms with Crippen molar-refractivity contribution in [1.29, 1.82) is 0 Å². The minimum absolute atomic E-state index is 0.253. The van der Waals surface area contributed by atoms with Crippen LogP contribution in [0.15, 0.2) is 59.7 Å². The fourth-order valence-electron chi connectivity index (χ4n) is 2.29. The number of halogens is 1. The van der Waals surface area contributed by atoms with Gasteiger partial charge in [-0.1, -0.05) is 41.9 Å². The molecule has 2 N–H and O–H groups in total. The van der Waals surface area contributed by atoms with E-state index in [2.05, 4.69) is 25.5 Å². The number of carbonyl (C=O) groups excluding carboxylic acids is 2. The lowest BCUT2D eigenvalue weighted by Gasteiger charge is -1.99. The number of esters is 1. The molecule has 0 fully saturated rings. The molecule has 0 aliphatic carbocycles. The fourth-order valence-corrected chi connectivity index (χ4v) is 2.53. The zero-order chi connectivity index (χ0) is 19.2. The van der Waals surface area contributed by atoms with Crippen molar-refractivity contribution < 1.29 is 14.3 Å². The van der Waals surface area contributed by atoms with Gasteiger partial charge < -0.3 is 4.74 Å². The summed E-state index contributed by atoms with van der Waals surface area (Å²) in [6.07, 6.45) is 1.46. The number of carbonyl (C=O) groups is 2. The van der Waals surface area contributed by atoms with Crippen molar-refractivity contribution in [3.63, 3.8) is 0 Å². The third-order valence-corrected chi connectivity index (χ3v) is 4.01. The third-order valence-electron chi connectivity index (χ3n) is 3.68. The van der Waals surface area contributed by atoms with E-state index in [4.69, 9.17) is 11.6 Å². The highest BCUT2D eigenvalue weighted by atomic mass is 35.5. The largest absolute Gasteiger partial charge is 0.465 e. The highest BCUT2D eigenvalue weighted by Gasteiger charge is 2.12. The van der Waals surface area contributed by atoms with Crippen molar-refractivity contribution >= 4 is 29.7 Å². The number of amides is 1. The number of hydrazone groups is 1. The Kier molecular flexibility index (Phi) is 5.63. The van der Waals surface area contributed by atoms with E-state index in [0.717, 1.165) is 5.56 Å². The molecule has 0 aliphatic rings. The number of rotatable bonds is 5. The van der Waals surface area contributed by atoms with Crippen molar-refractivity contribution in [3.8, 4) is 11.3 Å². The van der Waals surface area contributed by atoms with E-state index in [1.54, 1.807) is 36.4 Å². The van der Waals surface area contributed by atoms with E-state index in [9.17, 15) is 9.59 Å². The molecule has 7 nitrogen and oxygen atoms in total. The molecular formula is C19H15ClN4O3. The third kappa shape index (κ3) is 4.39. The maximum Gasteiger partial charge on any atom is 0.337 e. The summed E-state index contributed by atoms with van der Waals surface area (Å²) in [5, 5.41) is 11.2. The summed E-state index contributed by atoms with van der Waals surface area (Å²) < 4.78 is 4.63. The van der Waals surface area contributed by atoms with Gasteiger partial charge in [-0.3, -0.25) is 9.89 Å². The van der Waals surface area contributed by atoms with Crippen LogP contribution in [0, 0.1) is 0 Å². The molecule has 1 heterocycles. The monoisotopic (exact) mass is 382 g/mol. The Balaban J connectivity index is 1.63. The average Bonchev–Trinajstić information content (AvgIpc) is 3.18. The van der Waals surface area contributed by atoms with Crippen LogP contribution in [-0.2, 0) is 4.74 Å². The van der Waals surface area contributed by atoms with E-state index >= 15 is 0 Å². The predicted molar refractivity (Wildman–Crippen MR) is 102 cm³/mol. The molecular weight excluding hydrogens is 368 g/mol. The molecule has 2 aromatic carbocycles. The van der Waals surface area contributed by atoms with E-state index in [-0.39, 0.29) is 5.69 Å². The second-order valence-corrected chi connectivity index (χ2v) is 5.87. The molecule has 0 spiro atoms. The number of nitrogens with zero attached hydrogens (tertiary/aromatic N) is 2. The highest BCUT2D eigenvalue weighted by Crippen LogP contribution is 2.26. The Morgan fingerprint density at radius 2 is 1.93 bits per heavy atom. The summed E-state index contributed by atoms with van der Waals surface area (Å²) in [7, 11) is 1.32. The number of ether oxygens (including phenoxy) is 1. The first kappa shape index (κ1) is 18.3. The molecule has 3 aromatic rings. The minimum Gasteiger partial charge on any atom is -0.465 e. The molecule has 136 valence electrons. The van der Waals surface area contributed by atoms with Crippen LogP contribution in [-0.4, -0.2) is 35.4 Å². The van der Waals surface area contributed by atoms with Crippen LogP contribution in [0.3, 0.4) is 0 Å². The Morgan fingerprint density at radius 3 is 2.63 bits per heavy atom. The lowest BCUT2D eigenvalue weighted by atomic mass is 10.1. The predicted octanol–water partition coefficient (Wildman–Crippen LogP) is 3.28. The van der Waals surface area contributed by atoms with Crippen LogP contribution >= 0.6 is 11.6 Å². The molecule has 3 rings (SSSR count). The van der Waals surface area contributed by atoms with Crippen LogP contribution in [0.4, 0.5) is 0 Å². The molecule has 0 radical (unpaired) electrons. The number of methoxy groups -OCH3 is 1. The summed E-state index contributed by atoms with van der Waals surface area (Å²) in [5.74, 6) is -0.858. The second kappa shape index (κ2) is 8.29. The number of hydrogen-bond donors (Lipinski definition) is 2. The molecule has 1 amide bonds. The SMILES string of the molecule is COC(=O)c1ccc(/C=N\NC(=O)c2cc(-c3ccccc3Cl)n[nH]2)cc1. The first-order valence-corrected chi connectivity index (χ1v) is 8.28. The molecule has 1 aromatic heterocycles. The Bertz CT molecular complexity index is 996. The summed E-state index contributed by atoms with van der Waals surface area (Å²) >= 11 is 6.13.